The maximum atomic E-state index is 11.6. The van der Waals surface area contributed by atoms with Gasteiger partial charge in [-0.05, 0) is 19.8 Å². The van der Waals surface area contributed by atoms with E-state index in [1.54, 1.807) is 4.90 Å². The quantitative estimate of drug-likeness (QED) is 0.718. The molecule has 3 amide bonds. The van der Waals surface area contributed by atoms with E-state index in [2.05, 4.69) is 5.32 Å². The smallest absolute Gasteiger partial charge is 0.317 e. The number of ketones is 1. The molecule has 6 nitrogen and oxygen atoms in total. The Labute approximate surface area is 101 Å². The van der Waals surface area contributed by atoms with Crippen molar-refractivity contribution in [1.29, 1.82) is 0 Å². The highest BCUT2D eigenvalue weighted by atomic mass is 16.2. The summed E-state index contributed by atoms with van der Waals surface area (Å²) >= 11 is 0. The molecule has 1 heterocycles. The molecule has 0 saturated carbocycles. The summed E-state index contributed by atoms with van der Waals surface area (Å²) in [5, 5.41) is 2.68. The number of urea groups is 1. The first-order chi connectivity index (χ1) is 8.00. The van der Waals surface area contributed by atoms with Crippen LogP contribution in [0.5, 0.6) is 0 Å². The summed E-state index contributed by atoms with van der Waals surface area (Å²) in [6, 6.07) is -0.172. The predicted molar refractivity (Wildman–Crippen MR) is 62.2 cm³/mol. The molecule has 6 heteroatoms. The number of nitrogens with one attached hydrogen (secondary N) is 1. The van der Waals surface area contributed by atoms with Crippen molar-refractivity contribution in [3.05, 3.63) is 0 Å². The van der Waals surface area contributed by atoms with Crippen molar-refractivity contribution in [3.63, 3.8) is 0 Å². The van der Waals surface area contributed by atoms with E-state index >= 15 is 0 Å². The molecule has 1 aliphatic heterocycles. The first-order valence-corrected chi connectivity index (χ1v) is 5.82. The highest BCUT2D eigenvalue weighted by Crippen LogP contribution is 2.16. The van der Waals surface area contributed by atoms with Gasteiger partial charge in [0.1, 0.15) is 5.78 Å². The molecule has 0 aromatic heterocycles. The molecule has 1 aliphatic rings. The highest BCUT2D eigenvalue weighted by molar-refractivity contribution is 5.79. The fourth-order valence-corrected chi connectivity index (χ4v) is 1.82. The van der Waals surface area contributed by atoms with Crippen molar-refractivity contribution >= 4 is 17.7 Å². The lowest BCUT2D eigenvalue weighted by Crippen LogP contribution is -2.46. The van der Waals surface area contributed by atoms with Crippen molar-refractivity contribution in [1.82, 2.24) is 10.2 Å². The number of rotatable bonds is 4. The summed E-state index contributed by atoms with van der Waals surface area (Å²) in [5.74, 6) is -0.351. The maximum Gasteiger partial charge on any atom is 0.317 e. The van der Waals surface area contributed by atoms with Gasteiger partial charge in [-0.25, -0.2) is 4.79 Å². The van der Waals surface area contributed by atoms with Gasteiger partial charge in [-0.3, -0.25) is 9.59 Å². The number of hydrogen-bond acceptors (Lipinski definition) is 3. The Kier molecular flexibility index (Phi) is 4.93. The van der Waals surface area contributed by atoms with Gasteiger partial charge in [-0.2, -0.15) is 0 Å². The van der Waals surface area contributed by atoms with Crippen LogP contribution in [0, 0.1) is 5.92 Å². The summed E-state index contributed by atoms with van der Waals surface area (Å²) in [6.45, 7) is 2.94. The lowest BCUT2D eigenvalue weighted by atomic mass is 9.96. The maximum absolute atomic E-state index is 11.6. The molecule has 0 unspecified atom stereocenters. The number of primary amides is 1. The molecule has 0 aromatic rings. The van der Waals surface area contributed by atoms with Crippen molar-refractivity contribution in [3.8, 4) is 0 Å². The molecule has 0 radical (unpaired) electrons. The number of carbonyl (C=O) groups excluding carboxylic acids is 3. The summed E-state index contributed by atoms with van der Waals surface area (Å²) in [6.07, 6.45) is 1.59. The molecule has 0 atom stereocenters. The van der Waals surface area contributed by atoms with Crippen LogP contribution in [0.1, 0.15) is 26.2 Å². The molecular formula is C11H19N3O3. The normalized spacial score (nSPS) is 16.6. The Balaban J connectivity index is 2.26. The summed E-state index contributed by atoms with van der Waals surface area (Å²) in [7, 11) is 0. The van der Waals surface area contributed by atoms with Crippen LogP contribution in [0.15, 0.2) is 0 Å². The number of nitrogens with two attached hydrogens (primary N) is 1. The Morgan fingerprint density at radius 3 is 2.35 bits per heavy atom. The Hall–Kier alpha value is -1.59. The predicted octanol–water partition coefficient (Wildman–Crippen LogP) is -0.128. The molecule has 1 fully saturated rings. The van der Waals surface area contributed by atoms with E-state index in [0.717, 1.165) is 0 Å². The Morgan fingerprint density at radius 2 is 1.88 bits per heavy atom. The van der Waals surface area contributed by atoms with E-state index in [9.17, 15) is 14.4 Å². The third-order valence-electron chi connectivity index (χ3n) is 2.94. The second kappa shape index (κ2) is 6.22. The van der Waals surface area contributed by atoms with Gasteiger partial charge in [0, 0.05) is 32.0 Å². The molecule has 3 N–H and O–H groups in total. The zero-order valence-corrected chi connectivity index (χ0v) is 10.1. The van der Waals surface area contributed by atoms with Crippen LogP contribution in [0.4, 0.5) is 4.79 Å². The first kappa shape index (κ1) is 13.5. The third-order valence-corrected chi connectivity index (χ3v) is 2.94. The van der Waals surface area contributed by atoms with Crippen molar-refractivity contribution < 1.29 is 14.4 Å². The first-order valence-electron chi connectivity index (χ1n) is 5.82. The van der Waals surface area contributed by atoms with Gasteiger partial charge in [0.2, 0.25) is 5.91 Å². The number of piperidine rings is 1. The van der Waals surface area contributed by atoms with Gasteiger partial charge in [-0.15, -0.1) is 0 Å². The zero-order chi connectivity index (χ0) is 12.8. The largest absolute Gasteiger partial charge is 0.369 e. The van der Waals surface area contributed by atoms with Crippen LogP contribution in [0.3, 0.4) is 0 Å². The number of Topliss-reactive ketones (excluding diaryl/α,β-unsaturated/α-hetero) is 1. The lowest BCUT2D eigenvalue weighted by molar-refractivity contribution is -0.123. The number of hydrogen-bond donors (Lipinski definition) is 2. The average molecular weight is 241 g/mol. The molecule has 96 valence electrons. The monoisotopic (exact) mass is 241 g/mol. The minimum atomic E-state index is -0.290. The molecule has 0 bridgehead atoms. The molecule has 1 saturated heterocycles. The molecule has 1 rings (SSSR count). The van der Waals surface area contributed by atoms with Gasteiger partial charge in [0.05, 0.1) is 0 Å². The fraction of sp³-hybridized carbons (Fsp3) is 0.727. The van der Waals surface area contributed by atoms with Crippen LogP contribution < -0.4 is 11.1 Å². The van der Waals surface area contributed by atoms with Gasteiger partial charge in [0.15, 0.2) is 0 Å². The van der Waals surface area contributed by atoms with Crippen LogP contribution in [0.25, 0.3) is 0 Å². The highest BCUT2D eigenvalue weighted by Gasteiger charge is 2.25. The van der Waals surface area contributed by atoms with Crippen LogP contribution >= 0.6 is 0 Å². The third kappa shape index (κ3) is 4.42. The number of likely N-dealkylation sites (tertiary alicyclic amines) is 1. The minimum Gasteiger partial charge on any atom is -0.369 e. The van der Waals surface area contributed by atoms with E-state index in [1.807, 2.05) is 0 Å². The van der Waals surface area contributed by atoms with Gasteiger partial charge >= 0.3 is 6.03 Å². The second-order valence-corrected chi connectivity index (χ2v) is 4.35. The van der Waals surface area contributed by atoms with Gasteiger partial charge in [0.25, 0.3) is 0 Å². The van der Waals surface area contributed by atoms with E-state index in [1.165, 1.54) is 6.92 Å². The number of amides is 3. The topological polar surface area (TPSA) is 92.5 Å². The fourth-order valence-electron chi connectivity index (χ4n) is 1.82. The minimum absolute atomic E-state index is 0.0535. The van der Waals surface area contributed by atoms with Crippen molar-refractivity contribution in [2.24, 2.45) is 11.7 Å². The summed E-state index contributed by atoms with van der Waals surface area (Å²) < 4.78 is 0. The van der Waals surface area contributed by atoms with Gasteiger partial charge in [-0.1, -0.05) is 0 Å². The molecular weight excluding hydrogens is 222 g/mol. The molecule has 0 spiro atoms. The number of carbonyl (C=O) groups is 3. The standard InChI is InChI=1S/C11H19N3O3/c1-8(15)2-5-13-11(17)14-6-3-9(4-7-14)10(12)16/h9H,2-7H2,1H3,(H2,12,16)(H,13,17). The van der Waals surface area contributed by atoms with E-state index in [4.69, 9.17) is 5.73 Å². The Bertz CT molecular complexity index is 309. The summed E-state index contributed by atoms with van der Waals surface area (Å²) in [4.78, 5) is 34.9. The van der Waals surface area contributed by atoms with Gasteiger partial charge < -0.3 is 16.0 Å². The average Bonchev–Trinajstić information content (AvgIpc) is 2.28. The lowest BCUT2D eigenvalue weighted by Gasteiger charge is -2.30. The van der Waals surface area contributed by atoms with Crippen molar-refractivity contribution in [2.45, 2.75) is 26.2 Å². The zero-order valence-electron chi connectivity index (χ0n) is 10.1. The van der Waals surface area contributed by atoms with E-state index in [-0.39, 0.29) is 23.6 Å². The van der Waals surface area contributed by atoms with Crippen molar-refractivity contribution in [2.75, 3.05) is 19.6 Å². The van der Waals surface area contributed by atoms with Crippen LogP contribution in [-0.2, 0) is 9.59 Å². The SMILES string of the molecule is CC(=O)CCNC(=O)N1CCC(C(N)=O)CC1. The molecule has 17 heavy (non-hydrogen) atoms. The van der Waals surface area contributed by atoms with Crippen LogP contribution in [-0.4, -0.2) is 42.3 Å². The summed E-state index contributed by atoms with van der Waals surface area (Å²) in [5.41, 5.74) is 5.21. The van der Waals surface area contributed by atoms with E-state index < -0.39 is 0 Å². The molecule has 0 aliphatic carbocycles. The molecule has 0 aromatic carbocycles. The number of nitrogens with zero attached hydrogens (tertiary/aromatic N) is 1. The Morgan fingerprint density at radius 1 is 1.29 bits per heavy atom. The van der Waals surface area contributed by atoms with E-state index in [0.29, 0.717) is 38.9 Å². The van der Waals surface area contributed by atoms with Crippen LogP contribution in [0.2, 0.25) is 0 Å². The second-order valence-electron chi connectivity index (χ2n) is 4.35.